The third-order valence-corrected chi connectivity index (χ3v) is 3.29. The molecule has 17 heavy (non-hydrogen) atoms. The van der Waals surface area contributed by atoms with Crippen molar-refractivity contribution < 1.29 is 4.74 Å². The smallest absolute Gasteiger partial charge is 0.145 e. The van der Waals surface area contributed by atoms with Gasteiger partial charge in [0.15, 0.2) is 0 Å². The minimum Gasteiger partial charge on any atom is -0.659 e. The Morgan fingerprint density at radius 1 is 1.47 bits per heavy atom. The first kappa shape index (κ1) is 11.1. The molecule has 0 aliphatic carbocycles. The van der Waals surface area contributed by atoms with Crippen LogP contribution in [0.4, 0.5) is 11.4 Å². The molecule has 0 saturated carbocycles. The minimum absolute atomic E-state index is 0. The second kappa shape index (κ2) is 3.87. The molecular weight excluding hydrogens is 469 g/mol. The third kappa shape index (κ3) is 1.61. The standard InChI is InChI=1S/C12H16N3O.Rf/c1-8-4-9(13)5-11-12(8)15-3-2-14-6-10(15)7-16-11;/h4-5,10H,2-3,6-7,13H2,1H3;/q-1;. The zero-order valence-electron chi connectivity index (χ0n) is 10.1. The molecular formula is C12H16N3ORf-. The van der Waals surface area contributed by atoms with Gasteiger partial charge in [0.1, 0.15) is 12.4 Å². The Labute approximate surface area is 95.4 Å². The van der Waals surface area contributed by atoms with Gasteiger partial charge in [0.2, 0.25) is 0 Å². The molecule has 0 aromatic heterocycles. The van der Waals surface area contributed by atoms with Gasteiger partial charge in [0, 0.05) is 17.8 Å². The zero-order valence-corrected chi connectivity index (χ0v) is 16.5. The Morgan fingerprint density at radius 3 is 3.12 bits per heavy atom. The van der Waals surface area contributed by atoms with Crippen LogP contribution < -0.4 is 15.4 Å². The fourth-order valence-electron chi connectivity index (χ4n) is 2.58. The zero-order chi connectivity index (χ0) is 11.1. The monoisotopic (exact) mass is 485 g/mol. The first-order chi connectivity index (χ1) is 7.75. The maximum atomic E-state index is 5.83. The van der Waals surface area contributed by atoms with Crippen molar-refractivity contribution in [1.29, 1.82) is 0 Å². The van der Waals surface area contributed by atoms with Crippen molar-refractivity contribution in [3.8, 4) is 5.75 Å². The summed E-state index contributed by atoms with van der Waals surface area (Å²) < 4.78 is 5.77. The van der Waals surface area contributed by atoms with Crippen molar-refractivity contribution >= 4 is 11.4 Å². The third-order valence-electron chi connectivity index (χ3n) is 3.29. The van der Waals surface area contributed by atoms with Crippen LogP contribution >= 0.6 is 0 Å². The summed E-state index contributed by atoms with van der Waals surface area (Å²) in [7, 11) is 0. The van der Waals surface area contributed by atoms with E-state index >= 15 is 0 Å². The Bertz CT molecular complexity index is 424. The van der Waals surface area contributed by atoms with Gasteiger partial charge in [0.25, 0.3) is 0 Å². The largest absolute Gasteiger partial charge is 0.659 e. The molecule has 1 fully saturated rings. The molecule has 1 aromatic carbocycles. The number of benzene rings is 1. The van der Waals surface area contributed by atoms with Gasteiger partial charge < -0.3 is 20.7 Å². The van der Waals surface area contributed by atoms with Gasteiger partial charge in [-0.3, -0.25) is 0 Å². The molecule has 1 unspecified atom stereocenters. The van der Waals surface area contributed by atoms with Crippen LogP contribution in [-0.2, 0) is 0 Å². The van der Waals surface area contributed by atoms with Gasteiger partial charge in [-0.15, -0.1) is 13.1 Å². The van der Waals surface area contributed by atoms with Crippen LogP contribution in [0.25, 0.3) is 5.32 Å². The van der Waals surface area contributed by atoms with Crippen molar-refractivity contribution in [2.75, 3.05) is 36.9 Å². The van der Waals surface area contributed by atoms with Crippen LogP contribution in [0.5, 0.6) is 5.75 Å². The van der Waals surface area contributed by atoms with Crippen molar-refractivity contribution in [3.63, 3.8) is 0 Å². The van der Waals surface area contributed by atoms with Gasteiger partial charge in [-0.1, -0.05) is 0 Å². The molecule has 2 N–H and O–H groups in total. The topological polar surface area (TPSA) is 52.6 Å². The number of hydrogen-bond donors (Lipinski definition) is 1. The van der Waals surface area contributed by atoms with E-state index in [0.717, 1.165) is 37.7 Å². The van der Waals surface area contributed by atoms with E-state index < -0.39 is 0 Å². The summed E-state index contributed by atoms with van der Waals surface area (Å²) in [6.07, 6.45) is 0. The number of anilines is 2. The maximum Gasteiger partial charge on any atom is 0.145 e. The van der Waals surface area contributed by atoms with Crippen molar-refractivity contribution in [3.05, 3.63) is 23.0 Å². The fourth-order valence-corrected chi connectivity index (χ4v) is 2.58. The molecule has 2 heterocycles. The summed E-state index contributed by atoms with van der Waals surface area (Å²) in [4.78, 5) is 2.42. The van der Waals surface area contributed by atoms with E-state index in [1.807, 2.05) is 12.1 Å². The molecule has 1 atom stereocenters. The van der Waals surface area contributed by atoms with Crippen molar-refractivity contribution in [1.82, 2.24) is 0 Å². The van der Waals surface area contributed by atoms with Gasteiger partial charge in [-0.25, -0.2) is 0 Å². The number of nitrogens with zero attached hydrogens (tertiary/aromatic N) is 2. The van der Waals surface area contributed by atoms with Crippen molar-refractivity contribution in [2.45, 2.75) is 13.0 Å². The molecule has 88 valence electrons. The molecule has 0 radical (unpaired) electrons. The first-order valence-electron chi connectivity index (χ1n) is 5.68. The number of fused-ring (bicyclic) bond motifs is 3. The Balaban J connectivity index is 0.00000108. The summed E-state index contributed by atoms with van der Waals surface area (Å²) >= 11 is 0. The first-order valence-corrected chi connectivity index (χ1v) is 5.68. The number of rotatable bonds is 0. The minimum atomic E-state index is 0. The van der Waals surface area contributed by atoms with E-state index in [9.17, 15) is 0 Å². The molecule has 4 nitrogen and oxygen atoms in total. The van der Waals surface area contributed by atoms with Crippen LogP contribution in [0.15, 0.2) is 12.1 Å². The Hall–Kier alpha value is -2.42. The molecule has 0 bridgehead atoms. The summed E-state index contributed by atoms with van der Waals surface area (Å²) in [6, 6.07) is 4.34. The van der Waals surface area contributed by atoms with Crippen LogP contribution in [0.3, 0.4) is 0 Å². The SMILES string of the molecule is Cc1cc(N)cc2c1N1CC[N-]CC1CO2.[Rf]. The molecule has 0 amide bonds. The molecule has 1 aromatic rings. The van der Waals surface area contributed by atoms with Gasteiger partial charge in [-0.2, -0.15) is 0 Å². The van der Waals surface area contributed by atoms with Crippen LogP contribution in [-0.4, -0.2) is 32.3 Å². The summed E-state index contributed by atoms with van der Waals surface area (Å²) in [5, 5.41) is 4.44. The van der Waals surface area contributed by atoms with E-state index in [0.29, 0.717) is 6.04 Å². The molecule has 2 aliphatic heterocycles. The average molecular weight is 485 g/mol. The van der Waals surface area contributed by atoms with Gasteiger partial charge >= 0.3 is 0 Å². The number of ether oxygens (including phenoxy) is 1. The Morgan fingerprint density at radius 2 is 2.29 bits per heavy atom. The van der Waals surface area contributed by atoms with Gasteiger partial charge in [0.05, 0.1) is 5.69 Å². The molecule has 5 heteroatoms. The van der Waals surface area contributed by atoms with Gasteiger partial charge in [-0.05, 0) is 25.1 Å². The molecule has 1 saturated heterocycles. The van der Waals surface area contributed by atoms with Crippen molar-refractivity contribution in [2.24, 2.45) is 0 Å². The summed E-state index contributed by atoms with van der Waals surface area (Å²) in [5.74, 6) is 0.927. The number of nitrogen functional groups attached to an aromatic ring is 1. The summed E-state index contributed by atoms with van der Waals surface area (Å²) in [6.45, 7) is 5.60. The van der Waals surface area contributed by atoms with E-state index in [-0.39, 0.29) is 0 Å². The predicted octanol–water partition coefficient (Wildman–Crippen LogP) is 1.53. The molecule has 3 rings (SSSR count). The van der Waals surface area contributed by atoms with E-state index in [1.165, 1.54) is 11.3 Å². The maximum absolute atomic E-state index is 5.83. The second-order valence-corrected chi connectivity index (χ2v) is 4.47. The fraction of sp³-hybridized carbons (Fsp3) is 0.500. The predicted molar refractivity (Wildman–Crippen MR) is 65.3 cm³/mol. The van der Waals surface area contributed by atoms with Crippen LogP contribution in [0, 0.1) is 6.92 Å². The molecule has 0 spiro atoms. The number of nitrogens with two attached hydrogens (primary N) is 1. The Kier molecular flexibility index (Phi) is 2.52. The van der Waals surface area contributed by atoms with Crippen LogP contribution in [0.2, 0.25) is 0 Å². The molecule has 2 aliphatic rings. The number of piperazine rings is 1. The average Bonchev–Trinajstić information content (AvgIpc) is 2.28. The van der Waals surface area contributed by atoms with Crippen LogP contribution in [0.1, 0.15) is 5.56 Å². The number of aryl methyl sites for hydroxylation is 1. The summed E-state index contributed by atoms with van der Waals surface area (Å²) in [5.41, 5.74) is 9.01. The van der Waals surface area contributed by atoms with E-state index in [4.69, 9.17) is 10.5 Å². The number of hydrogen-bond acceptors (Lipinski definition) is 3. The second-order valence-electron chi connectivity index (χ2n) is 4.47. The van der Waals surface area contributed by atoms with E-state index in [2.05, 4.69) is 17.1 Å². The quantitative estimate of drug-likeness (QED) is 0.568. The van der Waals surface area contributed by atoms with E-state index in [1.54, 1.807) is 0 Å². The normalized spacial score (nSPS) is 21.9.